The molecule has 1 aliphatic carbocycles. The first-order valence-corrected chi connectivity index (χ1v) is 12.6. The molecule has 0 saturated heterocycles. The highest BCUT2D eigenvalue weighted by atomic mass is 35.5. The molecule has 0 spiro atoms. The lowest BCUT2D eigenvalue weighted by Gasteiger charge is -2.16. The van der Waals surface area contributed by atoms with E-state index in [9.17, 15) is 4.79 Å². The van der Waals surface area contributed by atoms with Gasteiger partial charge in [-0.3, -0.25) is 9.36 Å². The summed E-state index contributed by atoms with van der Waals surface area (Å²) in [7, 11) is 0. The Bertz CT molecular complexity index is 1990. The third-order valence-electron chi connectivity index (χ3n) is 7.55. The molecule has 0 amide bonds. The van der Waals surface area contributed by atoms with Crippen molar-refractivity contribution in [3.63, 3.8) is 0 Å². The number of nitrogens with one attached hydrogen (secondary N) is 1. The van der Waals surface area contributed by atoms with Crippen LogP contribution in [-0.4, -0.2) is 44.9 Å². The summed E-state index contributed by atoms with van der Waals surface area (Å²) in [6, 6.07) is 11.6. The quantitative estimate of drug-likeness (QED) is 0.350. The molecule has 1 aliphatic heterocycles. The number of imidazole rings is 1. The van der Waals surface area contributed by atoms with Crippen LogP contribution in [0.5, 0.6) is 0 Å². The third-order valence-corrected chi connectivity index (χ3v) is 7.78. The summed E-state index contributed by atoms with van der Waals surface area (Å²) < 4.78 is 23.6. The van der Waals surface area contributed by atoms with Crippen molar-refractivity contribution in [1.82, 2.24) is 44.9 Å². The zero-order chi connectivity index (χ0) is 26.4. The first-order valence-electron chi connectivity index (χ1n) is 12.2. The van der Waals surface area contributed by atoms with E-state index in [1.807, 2.05) is 13.0 Å². The molecule has 1 N–H and O–H groups in total. The summed E-state index contributed by atoms with van der Waals surface area (Å²) in [5, 5.41) is 16.7. The fourth-order valence-electron chi connectivity index (χ4n) is 5.66. The number of hydrogen-bond donors (Lipinski definition) is 1. The molecule has 5 heterocycles. The highest BCUT2D eigenvalue weighted by molar-refractivity contribution is 6.31. The van der Waals surface area contributed by atoms with Crippen molar-refractivity contribution < 1.29 is 8.91 Å². The van der Waals surface area contributed by atoms with Gasteiger partial charge in [-0.1, -0.05) is 22.8 Å². The normalized spacial score (nSPS) is 19.4. The Kier molecular flexibility index (Phi) is 4.51. The minimum Gasteiger partial charge on any atom is -0.356 e. The van der Waals surface area contributed by atoms with Gasteiger partial charge < -0.3 is 9.51 Å². The number of aryl methyl sites for hydroxylation is 1. The van der Waals surface area contributed by atoms with Crippen LogP contribution >= 0.6 is 11.6 Å². The number of rotatable bonds is 4. The molecule has 11 nitrogen and oxygen atoms in total. The molecule has 0 radical (unpaired) electrons. The average molecular weight is 542 g/mol. The van der Waals surface area contributed by atoms with Crippen LogP contribution in [0.3, 0.4) is 0 Å². The van der Waals surface area contributed by atoms with E-state index in [-0.39, 0.29) is 23.1 Å². The van der Waals surface area contributed by atoms with E-state index >= 15 is 4.39 Å². The Morgan fingerprint density at radius 3 is 2.90 bits per heavy atom. The van der Waals surface area contributed by atoms with Gasteiger partial charge in [-0.05, 0) is 60.0 Å². The molecule has 1 saturated carbocycles. The highest BCUT2D eigenvalue weighted by Gasteiger charge is 2.55. The van der Waals surface area contributed by atoms with Gasteiger partial charge in [0.25, 0.3) is 5.56 Å². The molecular formula is C26H17ClFN9O2. The number of aromatic nitrogens is 9. The van der Waals surface area contributed by atoms with Gasteiger partial charge in [0.1, 0.15) is 23.7 Å². The largest absolute Gasteiger partial charge is 0.356 e. The second kappa shape index (κ2) is 7.90. The van der Waals surface area contributed by atoms with Crippen molar-refractivity contribution in [3.8, 4) is 28.2 Å². The van der Waals surface area contributed by atoms with Crippen LogP contribution < -0.4 is 5.56 Å². The molecule has 39 heavy (non-hydrogen) atoms. The monoisotopic (exact) mass is 541 g/mol. The summed E-state index contributed by atoms with van der Waals surface area (Å²) in [6.07, 6.45) is 2.29. The number of benzene rings is 2. The second-order valence-corrected chi connectivity index (χ2v) is 10.3. The molecule has 8 rings (SSSR count). The van der Waals surface area contributed by atoms with Crippen molar-refractivity contribution in [2.75, 3.05) is 0 Å². The van der Waals surface area contributed by atoms with Crippen LogP contribution in [0.1, 0.15) is 35.7 Å². The number of aromatic amines is 1. The van der Waals surface area contributed by atoms with Crippen molar-refractivity contribution in [2.24, 2.45) is 5.92 Å². The van der Waals surface area contributed by atoms with E-state index < -0.39 is 12.0 Å². The summed E-state index contributed by atoms with van der Waals surface area (Å²) in [5.41, 5.74) is 3.50. The molecule has 2 aliphatic rings. The fraction of sp³-hybridized carbons (Fsp3) is 0.192. The molecule has 3 unspecified atom stereocenters. The van der Waals surface area contributed by atoms with Crippen LogP contribution in [0, 0.1) is 18.8 Å². The van der Waals surface area contributed by atoms with E-state index in [1.165, 1.54) is 17.1 Å². The van der Waals surface area contributed by atoms with Gasteiger partial charge in [-0.15, -0.1) is 5.10 Å². The molecule has 6 aromatic rings. The summed E-state index contributed by atoms with van der Waals surface area (Å²) in [5.74, 6) is 0.623. The maximum atomic E-state index is 15.2. The van der Waals surface area contributed by atoms with Gasteiger partial charge in [-0.2, -0.15) is 9.07 Å². The lowest BCUT2D eigenvalue weighted by atomic mass is 10.1. The van der Waals surface area contributed by atoms with Crippen molar-refractivity contribution >= 4 is 22.6 Å². The van der Waals surface area contributed by atoms with E-state index in [4.69, 9.17) is 21.1 Å². The Labute approximate surface area is 223 Å². The topological polar surface area (TPSA) is 133 Å². The first kappa shape index (κ1) is 22.3. The fourth-order valence-corrected chi connectivity index (χ4v) is 5.83. The Morgan fingerprint density at radius 2 is 2.05 bits per heavy atom. The summed E-state index contributed by atoms with van der Waals surface area (Å²) >= 11 is 6.30. The average Bonchev–Trinajstić information content (AvgIpc) is 3.30. The lowest BCUT2D eigenvalue weighted by Crippen LogP contribution is -2.27. The van der Waals surface area contributed by atoms with Crippen LogP contribution in [0.2, 0.25) is 5.02 Å². The third kappa shape index (κ3) is 3.31. The molecule has 13 heteroatoms. The van der Waals surface area contributed by atoms with Gasteiger partial charge >= 0.3 is 0 Å². The first-order chi connectivity index (χ1) is 19.0. The van der Waals surface area contributed by atoms with Gasteiger partial charge in [-0.25, -0.2) is 9.97 Å². The van der Waals surface area contributed by atoms with E-state index in [0.29, 0.717) is 44.8 Å². The van der Waals surface area contributed by atoms with Gasteiger partial charge in [0.2, 0.25) is 5.95 Å². The van der Waals surface area contributed by atoms with Crippen molar-refractivity contribution in [1.29, 1.82) is 0 Å². The Hall–Kier alpha value is -4.71. The van der Waals surface area contributed by atoms with E-state index in [0.717, 1.165) is 17.5 Å². The van der Waals surface area contributed by atoms with Gasteiger partial charge in [0, 0.05) is 33.5 Å². The number of halogens is 2. The van der Waals surface area contributed by atoms with Crippen LogP contribution in [0.15, 0.2) is 58.1 Å². The number of nitrogens with zero attached hydrogens (tertiary/aromatic N) is 8. The number of H-pyrrole nitrogens is 1. The molecule has 4 aromatic heterocycles. The highest BCUT2D eigenvalue weighted by Crippen LogP contribution is 2.60. The molecular weight excluding hydrogens is 525 g/mol. The van der Waals surface area contributed by atoms with Crippen LogP contribution in [0.25, 0.3) is 39.2 Å². The minimum absolute atomic E-state index is 0.0726. The minimum atomic E-state index is -0.575. The van der Waals surface area contributed by atoms with Crippen molar-refractivity contribution in [2.45, 2.75) is 25.3 Å². The lowest BCUT2D eigenvalue weighted by molar-refractivity contribution is 0.450. The van der Waals surface area contributed by atoms with E-state index in [2.05, 4.69) is 30.7 Å². The molecule has 2 aromatic carbocycles. The SMILES string of the molecule is Cc1noc2cc(-c3nc(C4C5CC5c5nc(-c6cc(Cl)ccc6-n6cnnn6)cc(=O)n54)[nH]c3F)ccc12. The molecule has 0 bridgehead atoms. The molecule has 3 atom stereocenters. The smallest absolute Gasteiger partial charge is 0.254 e. The predicted molar refractivity (Wildman–Crippen MR) is 137 cm³/mol. The molecule has 192 valence electrons. The Balaban J connectivity index is 1.21. The maximum absolute atomic E-state index is 15.2. The number of hydrogen-bond acceptors (Lipinski definition) is 8. The number of tetrazole rings is 1. The van der Waals surface area contributed by atoms with Crippen LogP contribution in [-0.2, 0) is 0 Å². The predicted octanol–water partition coefficient (Wildman–Crippen LogP) is 4.22. The van der Waals surface area contributed by atoms with Crippen molar-refractivity contribution in [3.05, 3.63) is 87.5 Å². The summed E-state index contributed by atoms with van der Waals surface area (Å²) in [4.78, 5) is 25.8. The van der Waals surface area contributed by atoms with Crippen LogP contribution in [0.4, 0.5) is 4.39 Å². The van der Waals surface area contributed by atoms with Gasteiger partial charge in [0.15, 0.2) is 5.58 Å². The summed E-state index contributed by atoms with van der Waals surface area (Å²) in [6.45, 7) is 1.85. The van der Waals surface area contributed by atoms with E-state index in [1.54, 1.807) is 34.9 Å². The zero-order valence-electron chi connectivity index (χ0n) is 20.2. The molecule has 1 fully saturated rings. The standard InChI is InChI=1S/C26H17ClFN9O2/c1-11-14-4-2-12(6-20(14)39-33-11)22-24(28)32-25(31-22)23-15-8-16(15)26-30-18(9-21(38)37(23)26)17-7-13(27)3-5-19(17)36-10-29-34-35-36/h2-7,9-10,15-16,23H,8H2,1H3,(H,31,32). The zero-order valence-corrected chi connectivity index (χ0v) is 21.0. The second-order valence-electron chi connectivity index (χ2n) is 9.84. The maximum Gasteiger partial charge on any atom is 0.254 e. The Morgan fingerprint density at radius 1 is 1.15 bits per heavy atom. The number of fused-ring (bicyclic) bond motifs is 4. The van der Waals surface area contributed by atoms with Gasteiger partial charge in [0.05, 0.1) is 23.1 Å².